The molecular formula is C17H19F2NO4. The van der Waals surface area contributed by atoms with Crippen LogP contribution in [0.4, 0.5) is 8.78 Å². The number of carbonyl (C=O) groups excluding carboxylic acids is 1. The summed E-state index contributed by atoms with van der Waals surface area (Å²) in [6.07, 6.45) is 1.37. The molecule has 2 aliphatic heterocycles. The van der Waals surface area contributed by atoms with Crippen LogP contribution in [0.25, 0.3) is 0 Å². The Hall–Kier alpha value is -2.02. The van der Waals surface area contributed by atoms with Gasteiger partial charge in [-0.1, -0.05) is 0 Å². The maximum atomic E-state index is 13.7. The summed E-state index contributed by atoms with van der Waals surface area (Å²) in [6, 6.07) is 2.82. The van der Waals surface area contributed by atoms with Gasteiger partial charge < -0.3 is 14.7 Å². The molecule has 1 amide bonds. The second kappa shape index (κ2) is 6.84. The highest BCUT2D eigenvalue weighted by Gasteiger charge is 2.41. The first-order valence-corrected chi connectivity index (χ1v) is 8.06. The SMILES string of the molecule is O=C(O)C1CCO[C@H]1C1CCN(C(=O)c2cc(F)ccc2F)CC1. The molecule has 2 heterocycles. The minimum atomic E-state index is -0.849. The van der Waals surface area contributed by atoms with Crippen molar-refractivity contribution < 1.29 is 28.2 Å². The van der Waals surface area contributed by atoms with Crippen LogP contribution < -0.4 is 0 Å². The zero-order valence-corrected chi connectivity index (χ0v) is 13.1. The third-order valence-electron chi connectivity index (χ3n) is 4.90. The molecule has 1 aromatic carbocycles. The first-order chi connectivity index (χ1) is 11.5. The molecule has 0 spiro atoms. The van der Waals surface area contributed by atoms with Crippen molar-refractivity contribution in [2.24, 2.45) is 11.8 Å². The van der Waals surface area contributed by atoms with Crippen molar-refractivity contribution in [2.75, 3.05) is 19.7 Å². The predicted octanol–water partition coefficient (Wildman–Crippen LogP) is 2.31. The van der Waals surface area contributed by atoms with Crippen molar-refractivity contribution >= 4 is 11.9 Å². The molecule has 0 aromatic heterocycles. The van der Waals surface area contributed by atoms with Gasteiger partial charge in [0.05, 0.1) is 17.6 Å². The van der Waals surface area contributed by atoms with Gasteiger partial charge >= 0.3 is 5.97 Å². The number of benzene rings is 1. The van der Waals surface area contributed by atoms with Crippen molar-refractivity contribution in [1.29, 1.82) is 0 Å². The highest BCUT2D eigenvalue weighted by atomic mass is 19.1. The highest BCUT2D eigenvalue weighted by molar-refractivity contribution is 5.94. The van der Waals surface area contributed by atoms with E-state index in [1.54, 1.807) is 0 Å². The van der Waals surface area contributed by atoms with Crippen LogP contribution in [0, 0.1) is 23.5 Å². The van der Waals surface area contributed by atoms with Crippen molar-refractivity contribution in [2.45, 2.75) is 25.4 Å². The standard InChI is InChI=1S/C17H19F2NO4/c18-11-1-2-14(19)13(9-11)16(21)20-6-3-10(4-7-20)15-12(17(22)23)5-8-24-15/h1-2,9-10,12,15H,3-8H2,(H,22,23)/t12?,15-/m0/s1. The molecule has 7 heteroatoms. The van der Waals surface area contributed by atoms with Gasteiger partial charge in [-0.15, -0.1) is 0 Å². The molecule has 0 radical (unpaired) electrons. The molecule has 0 saturated carbocycles. The van der Waals surface area contributed by atoms with E-state index in [2.05, 4.69) is 0 Å². The highest BCUT2D eigenvalue weighted by Crippen LogP contribution is 2.33. The first kappa shape index (κ1) is 16.8. The normalized spacial score (nSPS) is 25.0. The van der Waals surface area contributed by atoms with Crippen LogP contribution in [0.15, 0.2) is 18.2 Å². The molecule has 2 atom stereocenters. The largest absolute Gasteiger partial charge is 0.481 e. The van der Waals surface area contributed by atoms with E-state index in [4.69, 9.17) is 4.74 Å². The molecular weight excluding hydrogens is 320 g/mol. The average molecular weight is 339 g/mol. The summed E-state index contributed by atoms with van der Waals surface area (Å²) < 4.78 is 32.6. The number of likely N-dealkylation sites (tertiary alicyclic amines) is 1. The van der Waals surface area contributed by atoms with Crippen LogP contribution in [-0.2, 0) is 9.53 Å². The molecule has 2 fully saturated rings. The fraction of sp³-hybridized carbons (Fsp3) is 0.529. The number of hydrogen-bond donors (Lipinski definition) is 1. The van der Waals surface area contributed by atoms with Crippen LogP contribution >= 0.6 is 0 Å². The lowest BCUT2D eigenvalue weighted by Crippen LogP contribution is -2.43. The molecule has 24 heavy (non-hydrogen) atoms. The van der Waals surface area contributed by atoms with Crippen LogP contribution in [0.3, 0.4) is 0 Å². The van der Waals surface area contributed by atoms with Crippen molar-refractivity contribution in [1.82, 2.24) is 4.90 Å². The lowest BCUT2D eigenvalue weighted by Gasteiger charge is -2.35. The second-order valence-corrected chi connectivity index (χ2v) is 6.32. The van der Waals surface area contributed by atoms with Gasteiger partial charge in [0.15, 0.2) is 0 Å². The number of ether oxygens (including phenoxy) is 1. The van der Waals surface area contributed by atoms with Gasteiger partial charge in [-0.3, -0.25) is 9.59 Å². The molecule has 2 saturated heterocycles. The van der Waals surface area contributed by atoms with Crippen molar-refractivity contribution in [3.63, 3.8) is 0 Å². The molecule has 1 aromatic rings. The predicted molar refractivity (Wildman–Crippen MR) is 80.5 cm³/mol. The summed E-state index contributed by atoms with van der Waals surface area (Å²) in [5.74, 6) is -3.22. The number of carboxylic acid groups (broad SMARTS) is 1. The molecule has 3 rings (SSSR count). The van der Waals surface area contributed by atoms with E-state index < -0.39 is 29.4 Å². The van der Waals surface area contributed by atoms with Gasteiger partial charge in [-0.05, 0) is 43.4 Å². The van der Waals surface area contributed by atoms with Gasteiger partial charge in [0.25, 0.3) is 5.91 Å². The fourth-order valence-electron chi connectivity index (χ4n) is 3.60. The number of hydrogen-bond acceptors (Lipinski definition) is 3. The summed E-state index contributed by atoms with van der Waals surface area (Å²) >= 11 is 0. The average Bonchev–Trinajstić information content (AvgIpc) is 3.06. The Labute approximate surface area is 138 Å². The second-order valence-electron chi connectivity index (χ2n) is 6.32. The molecule has 2 aliphatic rings. The summed E-state index contributed by atoms with van der Waals surface area (Å²) in [6.45, 7) is 1.20. The Morgan fingerprint density at radius 1 is 1.17 bits per heavy atom. The Bertz CT molecular complexity index is 643. The number of amides is 1. The molecule has 1 N–H and O–H groups in total. The minimum absolute atomic E-state index is 0.0648. The molecule has 0 aliphatic carbocycles. The first-order valence-electron chi connectivity index (χ1n) is 8.06. The van der Waals surface area contributed by atoms with E-state index in [0.29, 0.717) is 39.0 Å². The smallest absolute Gasteiger partial charge is 0.309 e. The van der Waals surface area contributed by atoms with Gasteiger partial charge in [-0.25, -0.2) is 8.78 Å². The number of halogens is 2. The minimum Gasteiger partial charge on any atom is -0.481 e. The number of carbonyl (C=O) groups is 2. The fourth-order valence-corrected chi connectivity index (χ4v) is 3.60. The lowest BCUT2D eigenvalue weighted by molar-refractivity contribution is -0.145. The number of aliphatic carboxylic acids is 1. The van der Waals surface area contributed by atoms with Gasteiger partial charge in [-0.2, -0.15) is 0 Å². The van der Waals surface area contributed by atoms with Crippen LogP contribution in [0.1, 0.15) is 29.6 Å². The summed E-state index contributed by atoms with van der Waals surface area (Å²) in [5.41, 5.74) is -0.269. The van der Waals surface area contributed by atoms with E-state index in [1.807, 2.05) is 0 Å². The summed E-state index contributed by atoms with van der Waals surface area (Å²) in [7, 11) is 0. The van der Waals surface area contributed by atoms with E-state index in [-0.39, 0.29) is 17.6 Å². The quantitative estimate of drug-likeness (QED) is 0.918. The molecule has 5 nitrogen and oxygen atoms in total. The molecule has 1 unspecified atom stereocenters. The number of piperidine rings is 1. The maximum Gasteiger partial charge on any atom is 0.309 e. The zero-order valence-electron chi connectivity index (χ0n) is 13.1. The topological polar surface area (TPSA) is 66.8 Å². The number of carboxylic acids is 1. The molecule has 130 valence electrons. The van der Waals surface area contributed by atoms with E-state index in [9.17, 15) is 23.5 Å². The Morgan fingerprint density at radius 2 is 1.88 bits per heavy atom. The monoisotopic (exact) mass is 339 g/mol. The summed E-state index contributed by atoms with van der Waals surface area (Å²) in [4.78, 5) is 25.1. The van der Waals surface area contributed by atoms with Crippen molar-refractivity contribution in [3.05, 3.63) is 35.4 Å². The number of rotatable bonds is 3. The molecule has 0 bridgehead atoms. The van der Waals surface area contributed by atoms with Crippen molar-refractivity contribution in [3.8, 4) is 0 Å². The van der Waals surface area contributed by atoms with Gasteiger partial charge in [0.2, 0.25) is 0 Å². The van der Waals surface area contributed by atoms with Crippen LogP contribution in [-0.4, -0.2) is 47.7 Å². The summed E-state index contributed by atoms with van der Waals surface area (Å²) in [5, 5.41) is 9.24. The Balaban J connectivity index is 1.63. The lowest BCUT2D eigenvalue weighted by atomic mass is 9.84. The number of nitrogens with zero attached hydrogens (tertiary/aromatic N) is 1. The van der Waals surface area contributed by atoms with Gasteiger partial charge in [0.1, 0.15) is 11.6 Å². The third-order valence-corrected chi connectivity index (χ3v) is 4.90. The van der Waals surface area contributed by atoms with E-state index in [1.165, 1.54) is 4.90 Å². The van der Waals surface area contributed by atoms with Crippen LogP contribution in [0.2, 0.25) is 0 Å². The van der Waals surface area contributed by atoms with Gasteiger partial charge in [0, 0.05) is 19.7 Å². The van der Waals surface area contributed by atoms with E-state index in [0.717, 1.165) is 18.2 Å². The Morgan fingerprint density at radius 3 is 2.54 bits per heavy atom. The third kappa shape index (κ3) is 3.26. The Kier molecular flexibility index (Phi) is 4.80. The maximum absolute atomic E-state index is 13.7. The van der Waals surface area contributed by atoms with E-state index >= 15 is 0 Å². The zero-order chi connectivity index (χ0) is 17.3. The van der Waals surface area contributed by atoms with Crippen LogP contribution in [0.5, 0.6) is 0 Å².